The zero-order valence-corrected chi connectivity index (χ0v) is 11.9. The van der Waals surface area contributed by atoms with Crippen molar-refractivity contribution in [2.75, 3.05) is 0 Å². The van der Waals surface area contributed by atoms with E-state index in [-0.39, 0.29) is 6.04 Å². The molecule has 2 aromatic carbocycles. The molecule has 2 aromatic rings. The maximum atomic E-state index is 11.8. The van der Waals surface area contributed by atoms with E-state index in [1.807, 2.05) is 67.6 Å². The predicted octanol–water partition coefficient (Wildman–Crippen LogP) is 2.18. The first kappa shape index (κ1) is 14.8. The van der Waals surface area contributed by atoms with E-state index in [2.05, 4.69) is 10.6 Å². The molecule has 0 radical (unpaired) electrons. The van der Waals surface area contributed by atoms with Crippen molar-refractivity contribution in [2.24, 2.45) is 0 Å². The van der Waals surface area contributed by atoms with Crippen molar-refractivity contribution in [1.29, 1.82) is 0 Å². The lowest BCUT2D eigenvalue weighted by atomic mass is 10.1. The molecular formula is C17H18N2O2. The summed E-state index contributed by atoms with van der Waals surface area (Å²) in [5.41, 5.74) is 1.91. The van der Waals surface area contributed by atoms with Crippen molar-refractivity contribution < 1.29 is 9.59 Å². The number of benzene rings is 2. The Balaban J connectivity index is 1.84. The van der Waals surface area contributed by atoms with Gasteiger partial charge in [-0.15, -0.1) is 0 Å². The van der Waals surface area contributed by atoms with Crippen LogP contribution in [0.2, 0.25) is 0 Å². The van der Waals surface area contributed by atoms with E-state index < -0.39 is 11.8 Å². The Morgan fingerprint density at radius 1 is 0.905 bits per heavy atom. The lowest BCUT2D eigenvalue weighted by molar-refractivity contribution is -0.139. The first-order valence-corrected chi connectivity index (χ1v) is 6.84. The molecular weight excluding hydrogens is 264 g/mol. The summed E-state index contributed by atoms with van der Waals surface area (Å²) >= 11 is 0. The molecule has 108 valence electrons. The van der Waals surface area contributed by atoms with Crippen molar-refractivity contribution in [2.45, 2.75) is 19.5 Å². The van der Waals surface area contributed by atoms with Gasteiger partial charge in [0.15, 0.2) is 0 Å². The maximum Gasteiger partial charge on any atom is 0.309 e. The van der Waals surface area contributed by atoms with E-state index in [0.717, 1.165) is 11.1 Å². The minimum Gasteiger partial charge on any atom is -0.344 e. The zero-order chi connectivity index (χ0) is 15.1. The van der Waals surface area contributed by atoms with Crippen molar-refractivity contribution in [3.8, 4) is 0 Å². The Bertz CT molecular complexity index is 597. The number of rotatable bonds is 4. The van der Waals surface area contributed by atoms with E-state index in [9.17, 15) is 9.59 Å². The van der Waals surface area contributed by atoms with Crippen LogP contribution in [0.4, 0.5) is 0 Å². The molecule has 2 N–H and O–H groups in total. The lowest BCUT2D eigenvalue weighted by Crippen LogP contribution is -2.40. The van der Waals surface area contributed by atoms with Crippen LogP contribution in [0.1, 0.15) is 24.1 Å². The van der Waals surface area contributed by atoms with Gasteiger partial charge < -0.3 is 10.6 Å². The van der Waals surface area contributed by atoms with Crippen LogP contribution in [0, 0.1) is 0 Å². The molecule has 0 heterocycles. The van der Waals surface area contributed by atoms with Gasteiger partial charge in [-0.05, 0) is 18.1 Å². The van der Waals surface area contributed by atoms with Gasteiger partial charge in [0, 0.05) is 6.54 Å². The summed E-state index contributed by atoms with van der Waals surface area (Å²) in [6, 6.07) is 18.8. The Morgan fingerprint density at radius 3 is 2.10 bits per heavy atom. The normalized spacial score (nSPS) is 11.5. The fourth-order valence-corrected chi connectivity index (χ4v) is 1.95. The summed E-state index contributed by atoms with van der Waals surface area (Å²) in [6.45, 7) is 2.19. The second-order valence-corrected chi connectivity index (χ2v) is 4.77. The molecule has 4 heteroatoms. The van der Waals surface area contributed by atoms with Gasteiger partial charge in [-0.3, -0.25) is 9.59 Å². The third kappa shape index (κ3) is 4.45. The standard InChI is InChI=1S/C17H18N2O2/c1-13(15-10-6-3-7-11-15)19-17(21)16(20)18-12-14-8-4-2-5-9-14/h2-11,13H,12H2,1H3,(H,18,20)(H,19,21). The lowest BCUT2D eigenvalue weighted by Gasteiger charge is -2.14. The highest BCUT2D eigenvalue weighted by Crippen LogP contribution is 2.10. The second kappa shape index (κ2) is 7.24. The molecule has 2 rings (SSSR count). The molecule has 0 saturated heterocycles. The first-order valence-electron chi connectivity index (χ1n) is 6.84. The van der Waals surface area contributed by atoms with E-state index in [1.165, 1.54) is 0 Å². The fraction of sp³-hybridized carbons (Fsp3) is 0.176. The molecule has 0 aromatic heterocycles. The Hall–Kier alpha value is -2.62. The average Bonchev–Trinajstić information content (AvgIpc) is 2.54. The molecule has 0 aliphatic heterocycles. The molecule has 0 fully saturated rings. The molecule has 1 unspecified atom stereocenters. The summed E-state index contributed by atoms with van der Waals surface area (Å²) in [5, 5.41) is 5.29. The van der Waals surface area contributed by atoms with Gasteiger partial charge in [0.05, 0.1) is 6.04 Å². The zero-order valence-electron chi connectivity index (χ0n) is 11.9. The highest BCUT2D eigenvalue weighted by molar-refractivity contribution is 6.35. The van der Waals surface area contributed by atoms with E-state index in [0.29, 0.717) is 6.54 Å². The molecule has 0 saturated carbocycles. The van der Waals surface area contributed by atoms with Gasteiger partial charge in [0.1, 0.15) is 0 Å². The highest BCUT2D eigenvalue weighted by atomic mass is 16.2. The largest absolute Gasteiger partial charge is 0.344 e. The van der Waals surface area contributed by atoms with Gasteiger partial charge in [0.2, 0.25) is 0 Å². The monoisotopic (exact) mass is 282 g/mol. The molecule has 2 amide bonds. The van der Waals surface area contributed by atoms with Crippen molar-refractivity contribution in [3.63, 3.8) is 0 Å². The van der Waals surface area contributed by atoms with E-state index in [4.69, 9.17) is 0 Å². The summed E-state index contributed by atoms with van der Waals surface area (Å²) in [7, 11) is 0. The van der Waals surface area contributed by atoms with E-state index in [1.54, 1.807) is 0 Å². The molecule has 21 heavy (non-hydrogen) atoms. The number of hydrogen-bond acceptors (Lipinski definition) is 2. The summed E-state index contributed by atoms with van der Waals surface area (Å²) in [5.74, 6) is -1.25. The average molecular weight is 282 g/mol. The van der Waals surface area contributed by atoms with Crippen LogP contribution in [0.3, 0.4) is 0 Å². The third-order valence-electron chi connectivity index (χ3n) is 3.15. The summed E-state index contributed by atoms with van der Waals surface area (Å²) < 4.78 is 0. The van der Waals surface area contributed by atoms with Gasteiger partial charge in [0.25, 0.3) is 0 Å². The predicted molar refractivity (Wildman–Crippen MR) is 81.3 cm³/mol. The maximum absolute atomic E-state index is 11.8. The summed E-state index contributed by atoms with van der Waals surface area (Å²) in [6.07, 6.45) is 0. The number of hydrogen-bond donors (Lipinski definition) is 2. The number of nitrogens with one attached hydrogen (secondary N) is 2. The quantitative estimate of drug-likeness (QED) is 0.844. The Kier molecular flexibility index (Phi) is 5.10. The third-order valence-corrected chi connectivity index (χ3v) is 3.15. The Morgan fingerprint density at radius 2 is 1.48 bits per heavy atom. The number of carbonyl (C=O) groups excluding carboxylic acids is 2. The van der Waals surface area contributed by atoms with Gasteiger partial charge >= 0.3 is 11.8 Å². The number of carbonyl (C=O) groups is 2. The minimum absolute atomic E-state index is 0.207. The SMILES string of the molecule is CC(NC(=O)C(=O)NCc1ccccc1)c1ccccc1. The fourth-order valence-electron chi connectivity index (χ4n) is 1.95. The number of amides is 2. The smallest absolute Gasteiger partial charge is 0.309 e. The van der Waals surface area contributed by atoms with Crippen LogP contribution in [-0.4, -0.2) is 11.8 Å². The van der Waals surface area contributed by atoms with Crippen LogP contribution in [0.15, 0.2) is 60.7 Å². The van der Waals surface area contributed by atoms with Gasteiger partial charge in [-0.25, -0.2) is 0 Å². The molecule has 0 bridgehead atoms. The molecule has 0 spiro atoms. The topological polar surface area (TPSA) is 58.2 Å². The van der Waals surface area contributed by atoms with Crippen LogP contribution in [0.25, 0.3) is 0 Å². The molecule has 4 nitrogen and oxygen atoms in total. The summed E-state index contributed by atoms with van der Waals surface area (Å²) in [4.78, 5) is 23.6. The highest BCUT2D eigenvalue weighted by Gasteiger charge is 2.16. The minimum atomic E-state index is -0.623. The first-order chi connectivity index (χ1) is 10.2. The van der Waals surface area contributed by atoms with E-state index >= 15 is 0 Å². The second-order valence-electron chi connectivity index (χ2n) is 4.77. The van der Waals surface area contributed by atoms with Crippen molar-refractivity contribution in [3.05, 3.63) is 71.8 Å². The van der Waals surface area contributed by atoms with Gasteiger partial charge in [-0.1, -0.05) is 60.7 Å². The van der Waals surface area contributed by atoms with Crippen molar-refractivity contribution >= 4 is 11.8 Å². The van der Waals surface area contributed by atoms with Gasteiger partial charge in [-0.2, -0.15) is 0 Å². The van der Waals surface area contributed by atoms with Crippen LogP contribution in [-0.2, 0) is 16.1 Å². The molecule has 1 atom stereocenters. The molecule has 0 aliphatic rings. The Labute approximate surface area is 124 Å². The van der Waals surface area contributed by atoms with Crippen molar-refractivity contribution in [1.82, 2.24) is 10.6 Å². The van der Waals surface area contributed by atoms with Crippen LogP contribution < -0.4 is 10.6 Å². The van der Waals surface area contributed by atoms with Crippen LogP contribution >= 0.6 is 0 Å². The molecule has 0 aliphatic carbocycles. The van der Waals surface area contributed by atoms with Crippen LogP contribution in [0.5, 0.6) is 0 Å².